The number of carbonyl (C=O) groups is 1. The Morgan fingerprint density at radius 2 is 1.91 bits per heavy atom. The standard InChI is InChI=1S/C22H17ClF2N8O/c1-3-19(34)29-13-4-5-16(24)18(7-13)31-21-15(12-6-17(25)20(23)26-8-12)10-27-22(32-21)30-14-9-28-33(2)11-14/h3-11H,1H2,2H3,(H,29,34)(H2,27,30,31,32). The minimum atomic E-state index is -0.733. The van der Waals surface area contributed by atoms with Crippen molar-refractivity contribution in [1.29, 1.82) is 0 Å². The van der Waals surface area contributed by atoms with Crippen LogP contribution in [0.25, 0.3) is 11.1 Å². The highest BCUT2D eigenvalue weighted by atomic mass is 35.5. The number of nitrogens with zero attached hydrogens (tertiary/aromatic N) is 5. The van der Waals surface area contributed by atoms with Crippen molar-refractivity contribution >= 4 is 46.3 Å². The van der Waals surface area contributed by atoms with Gasteiger partial charge in [-0.05, 0) is 30.3 Å². The number of anilines is 5. The van der Waals surface area contributed by atoms with E-state index < -0.39 is 17.5 Å². The summed E-state index contributed by atoms with van der Waals surface area (Å²) in [6.07, 6.45) is 7.17. The van der Waals surface area contributed by atoms with Gasteiger partial charge in [0.15, 0.2) is 11.0 Å². The molecule has 3 N–H and O–H groups in total. The van der Waals surface area contributed by atoms with Gasteiger partial charge in [0, 0.05) is 42.5 Å². The molecule has 0 saturated heterocycles. The predicted octanol–water partition coefficient (Wildman–Crippen LogP) is 4.82. The number of rotatable bonds is 7. The van der Waals surface area contributed by atoms with Crippen LogP contribution in [0.15, 0.2) is 61.7 Å². The molecule has 34 heavy (non-hydrogen) atoms. The van der Waals surface area contributed by atoms with Crippen molar-refractivity contribution in [3.63, 3.8) is 0 Å². The largest absolute Gasteiger partial charge is 0.337 e. The number of carbonyl (C=O) groups excluding carboxylic acids is 1. The molecule has 1 aromatic carbocycles. The van der Waals surface area contributed by atoms with Gasteiger partial charge in [0.05, 0.1) is 17.6 Å². The van der Waals surface area contributed by atoms with Crippen LogP contribution in [0.5, 0.6) is 0 Å². The lowest BCUT2D eigenvalue weighted by Gasteiger charge is -2.14. The molecule has 0 atom stereocenters. The normalized spacial score (nSPS) is 10.6. The van der Waals surface area contributed by atoms with Gasteiger partial charge in [0.1, 0.15) is 11.6 Å². The van der Waals surface area contributed by atoms with Crippen LogP contribution in [0, 0.1) is 11.6 Å². The summed E-state index contributed by atoms with van der Waals surface area (Å²) < 4.78 is 30.3. The van der Waals surface area contributed by atoms with Crippen molar-refractivity contribution in [3.8, 4) is 11.1 Å². The molecule has 3 heterocycles. The molecule has 0 fully saturated rings. The van der Waals surface area contributed by atoms with Gasteiger partial charge in [0.25, 0.3) is 0 Å². The van der Waals surface area contributed by atoms with Gasteiger partial charge in [-0.3, -0.25) is 9.48 Å². The van der Waals surface area contributed by atoms with Crippen LogP contribution in [-0.2, 0) is 11.8 Å². The third-order valence-electron chi connectivity index (χ3n) is 4.53. The van der Waals surface area contributed by atoms with Crippen LogP contribution in [0.1, 0.15) is 0 Å². The third kappa shape index (κ3) is 5.15. The number of aromatic nitrogens is 5. The lowest BCUT2D eigenvalue weighted by molar-refractivity contribution is -0.111. The first-order valence-corrected chi connectivity index (χ1v) is 10.1. The molecular weight excluding hydrogens is 466 g/mol. The Balaban J connectivity index is 1.75. The summed E-state index contributed by atoms with van der Waals surface area (Å²) >= 11 is 5.70. The van der Waals surface area contributed by atoms with E-state index in [9.17, 15) is 13.6 Å². The predicted molar refractivity (Wildman–Crippen MR) is 125 cm³/mol. The lowest BCUT2D eigenvalue weighted by atomic mass is 10.1. The van der Waals surface area contributed by atoms with Gasteiger partial charge in [-0.2, -0.15) is 10.1 Å². The summed E-state index contributed by atoms with van der Waals surface area (Å²) in [4.78, 5) is 24.1. The second-order valence-electron chi connectivity index (χ2n) is 6.99. The minimum Gasteiger partial charge on any atom is -0.337 e. The lowest BCUT2D eigenvalue weighted by Crippen LogP contribution is -2.08. The summed E-state index contributed by atoms with van der Waals surface area (Å²) in [5.74, 6) is -1.47. The quantitative estimate of drug-likeness (QED) is 0.256. The number of halogens is 3. The topological polar surface area (TPSA) is 110 Å². The zero-order chi connectivity index (χ0) is 24.2. The van der Waals surface area contributed by atoms with E-state index in [1.165, 1.54) is 36.7 Å². The van der Waals surface area contributed by atoms with E-state index in [1.807, 2.05) is 0 Å². The Labute approximate surface area is 197 Å². The fourth-order valence-electron chi connectivity index (χ4n) is 2.95. The summed E-state index contributed by atoms with van der Waals surface area (Å²) in [5, 5.41) is 12.2. The molecule has 172 valence electrons. The molecular formula is C22H17ClF2N8O. The number of hydrogen-bond acceptors (Lipinski definition) is 7. The molecule has 0 bridgehead atoms. The monoisotopic (exact) mass is 482 g/mol. The van der Waals surface area contributed by atoms with E-state index in [-0.39, 0.29) is 22.6 Å². The Kier molecular flexibility index (Phi) is 6.46. The molecule has 9 nitrogen and oxygen atoms in total. The molecule has 0 radical (unpaired) electrons. The van der Waals surface area contributed by atoms with Crippen molar-refractivity contribution in [1.82, 2.24) is 24.7 Å². The molecule has 0 saturated carbocycles. The van der Waals surface area contributed by atoms with Gasteiger partial charge in [-0.25, -0.2) is 18.7 Å². The van der Waals surface area contributed by atoms with Crippen molar-refractivity contribution in [2.45, 2.75) is 0 Å². The van der Waals surface area contributed by atoms with Crippen molar-refractivity contribution in [2.75, 3.05) is 16.0 Å². The molecule has 0 spiro atoms. The number of amides is 1. The van der Waals surface area contributed by atoms with Gasteiger partial charge in [-0.1, -0.05) is 18.2 Å². The van der Waals surface area contributed by atoms with Crippen molar-refractivity contribution in [3.05, 3.63) is 78.5 Å². The molecule has 0 aliphatic heterocycles. The molecule has 3 aromatic heterocycles. The molecule has 0 aliphatic carbocycles. The van der Waals surface area contributed by atoms with Crippen LogP contribution < -0.4 is 16.0 Å². The first-order valence-electron chi connectivity index (χ1n) is 9.76. The summed E-state index contributed by atoms with van der Waals surface area (Å²) in [5.41, 5.74) is 1.61. The van der Waals surface area contributed by atoms with Crippen molar-refractivity contribution in [2.24, 2.45) is 7.05 Å². The average Bonchev–Trinajstić information content (AvgIpc) is 3.22. The van der Waals surface area contributed by atoms with Crippen LogP contribution in [0.3, 0.4) is 0 Å². The average molecular weight is 483 g/mol. The second-order valence-corrected chi connectivity index (χ2v) is 7.35. The molecule has 0 unspecified atom stereocenters. The van der Waals surface area contributed by atoms with E-state index in [0.717, 1.165) is 6.08 Å². The van der Waals surface area contributed by atoms with Crippen LogP contribution in [-0.4, -0.2) is 30.6 Å². The van der Waals surface area contributed by atoms with Crippen LogP contribution in [0.4, 0.5) is 37.6 Å². The number of benzene rings is 1. The fourth-order valence-corrected chi connectivity index (χ4v) is 3.06. The van der Waals surface area contributed by atoms with Crippen LogP contribution in [0.2, 0.25) is 5.15 Å². The molecule has 4 rings (SSSR count). The Morgan fingerprint density at radius 3 is 2.62 bits per heavy atom. The fraction of sp³-hybridized carbons (Fsp3) is 0.0455. The molecule has 12 heteroatoms. The first-order chi connectivity index (χ1) is 16.3. The zero-order valence-electron chi connectivity index (χ0n) is 17.7. The van der Waals surface area contributed by atoms with E-state index in [2.05, 4.69) is 42.6 Å². The Hall–Kier alpha value is -4.38. The zero-order valence-corrected chi connectivity index (χ0v) is 18.4. The van der Waals surface area contributed by atoms with E-state index in [4.69, 9.17) is 11.6 Å². The summed E-state index contributed by atoms with van der Waals surface area (Å²) in [7, 11) is 1.76. The number of nitrogens with one attached hydrogen (secondary N) is 3. The number of aryl methyl sites for hydroxylation is 1. The smallest absolute Gasteiger partial charge is 0.247 e. The van der Waals surface area contributed by atoms with E-state index in [1.54, 1.807) is 24.1 Å². The first kappa shape index (κ1) is 22.8. The maximum atomic E-state index is 14.6. The van der Waals surface area contributed by atoms with E-state index in [0.29, 0.717) is 22.5 Å². The van der Waals surface area contributed by atoms with Gasteiger partial charge >= 0.3 is 0 Å². The summed E-state index contributed by atoms with van der Waals surface area (Å²) in [6, 6.07) is 5.14. The molecule has 1 amide bonds. The van der Waals surface area contributed by atoms with E-state index >= 15 is 0 Å². The second kappa shape index (κ2) is 9.63. The highest BCUT2D eigenvalue weighted by Crippen LogP contribution is 2.32. The van der Waals surface area contributed by atoms with Crippen LogP contribution >= 0.6 is 11.6 Å². The Morgan fingerprint density at radius 1 is 1.09 bits per heavy atom. The highest BCUT2D eigenvalue weighted by Gasteiger charge is 2.15. The van der Waals surface area contributed by atoms with Gasteiger partial charge in [-0.15, -0.1) is 0 Å². The van der Waals surface area contributed by atoms with Gasteiger partial charge in [0.2, 0.25) is 11.9 Å². The maximum absolute atomic E-state index is 14.6. The highest BCUT2D eigenvalue weighted by molar-refractivity contribution is 6.29. The minimum absolute atomic E-state index is 0.0107. The maximum Gasteiger partial charge on any atom is 0.247 e. The molecule has 0 aliphatic rings. The number of hydrogen-bond donors (Lipinski definition) is 3. The SMILES string of the molecule is C=CC(=O)Nc1ccc(F)c(Nc2nc(Nc3cnn(C)c3)ncc2-c2cnc(Cl)c(F)c2)c1. The number of pyridine rings is 1. The summed E-state index contributed by atoms with van der Waals surface area (Å²) in [6.45, 7) is 3.39. The third-order valence-corrected chi connectivity index (χ3v) is 4.81. The molecule has 4 aromatic rings. The Bertz CT molecular complexity index is 1390. The van der Waals surface area contributed by atoms with Crippen molar-refractivity contribution < 1.29 is 13.6 Å². The van der Waals surface area contributed by atoms with Gasteiger partial charge < -0.3 is 16.0 Å².